The molecular weight excluding hydrogens is 319 g/mol. The number of nitrogens with one attached hydrogen (secondary N) is 2. The lowest BCUT2D eigenvalue weighted by atomic mass is 10.0. The van der Waals surface area contributed by atoms with E-state index in [-0.39, 0.29) is 17.0 Å². The van der Waals surface area contributed by atoms with Crippen LogP contribution < -0.4 is 10.6 Å². The Hall–Kier alpha value is -1.63. The first kappa shape index (κ1) is 19.4. The SMILES string of the molecule is CCC(C)C(C)NC(=O)NC(C)c1ccc(S(C)(=O)=O)c(F)c1. The zero-order chi connectivity index (χ0) is 17.8. The highest BCUT2D eigenvalue weighted by molar-refractivity contribution is 7.90. The van der Waals surface area contributed by atoms with Crippen LogP contribution in [0.15, 0.2) is 23.1 Å². The van der Waals surface area contributed by atoms with E-state index in [2.05, 4.69) is 17.6 Å². The van der Waals surface area contributed by atoms with E-state index in [4.69, 9.17) is 0 Å². The molecule has 0 saturated heterocycles. The summed E-state index contributed by atoms with van der Waals surface area (Å²) < 4.78 is 36.7. The van der Waals surface area contributed by atoms with Gasteiger partial charge in [-0.05, 0) is 37.5 Å². The van der Waals surface area contributed by atoms with Gasteiger partial charge in [-0.2, -0.15) is 0 Å². The summed E-state index contributed by atoms with van der Waals surface area (Å²) in [5.41, 5.74) is 0.501. The quantitative estimate of drug-likeness (QED) is 0.833. The van der Waals surface area contributed by atoms with Crippen molar-refractivity contribution in [3.05, 3.63) is 29.6 Å². The van der Waals surface area contributed by atoms with Crippen LogP contribution in [0.5, 0.6) is 0 Å². The Bertz CT molecular complexity index is 661. The molecule has 1 aromatic rings. The molecule has 1 aromatic carbocycles. The van der Waals surface area contributed by atoms with Crippen LogP contribution in [0.25, 0.3) is 0 Å². The van der Waals surface area contributed by atoms with E-state index in [9.17, 15) is 17.6 Å². The summed E-state index contributed by atoms with van der Waals surface area (Å²) in [6.45, 7) is 7.74. The molecule has 0 heterocycles. The summed E-state index contributed by atoms with van der Waals surface area (Å²) in [6, 6.07) is 3.11. The van der Waals surface area contributed by atoms with Crippen molar-refractivity contribution < 1.29 is 17.6 Å². The van der Waals surface area contributed by atoms with Gasteiger partial charge in [-0.1, -0.05) is 26.3 Å². The smallest absolute Gasteiger partial charge is 0.315 e. The van der Waals surface area contributed by atoms with E-state index in [1.165, 1.54) is 12.1 Å². The van der Waals surface area contributed by atoms with E-state index in [1.807, 2.05) is 13.8 Å². The molecule has 0 bridgehead atoms. The third-order valence-corrected chi connectivity index (χ3v) is 5.19. The van der Waals surface area contributed by atoms with Gasteiger partial charge >= 0.3 is 6.03 Å². The van der Waals surface area contributed by atoms with Gasteiger partial charge in [0.05, 0.1) is 6.04 Å². The number of amides is 2. The number of benzene rings is 1. The van der Waals surface area contributed by atoms with E-state index in [1.54, 1.807) is 6.92 Å². The second kappa shape index (κ2) is 7.77. The highest BCUT2D eigenvalue weighted by atomic mass is 32.2. The molecule has 2 amide bonds. The van der Waals surface area contributed by atoms with Crippen LogP contribution in [0.2, 0.25) is 0 Å². The molecule has 5 nitrogen and oxygen atoms in total. The maximum atomic E-state index is 13.9. The molecule has 3 atom stereocenters. The third-order valence-electron chi connectivity index (χ3n) is 4.06. The number of hydrogen-bond donors (Lipinski definition) is 2. The van der Waals surface area contributed by atoms with Crippen LogP contribution in [0.3, 0.4) is 0 Å². The summed E-state index contributed by atoms with van der Waals surface area (Å²) >= 11 is 0. The van der Waals surface area contributed by atoms with Crippen LogP contribution in [0.1, 0.15) is 45.7 Å². The van der Waals surface area contributed by atoms with Crippen molar-refractivity contribution in [3.8, 4) is 0 Å². The number of hydrogen-bond acceptors (Lipinski definition) is 3. The van der Waals surface area contributed by atoms with Crippen LogP contribution in [0.4, 0.5) is 9.18 Å². The Morgan fingerprint density at radius 2 is 1.83 bits per heavy atom. The van der Waals surface area contributed by atoms with Gasteiger partial charge in [-0.15, -0.1) is 0 Å². The average Bonchev–Trinajstić information content (AvgIpc) is 2.44. The van der Waals surface area contributed by atoms with Gasteiger partial charge in [0, 0.05) is 12.3 Å². The second-order valence-electron chi connectivity index (χ2n) is 5.98. The van der Waals surface area contributed by atoms with Crippen molar-refractivity contribution >= 4 is 15.9 Å². The summed E-state index contributed by atoms with van der Waals surface area (Å²) in [7, 11) is -3.60. The molecule has 2 N–H and O–H groups in total. The van der Waals surface area contributed by atoms with Gasteiger partial charge in [-0.3, -0.25) is 0 Å². The molecule has 7 heteroatoms. The monoisotopic (exact) mass is 344 g/mol. The maximum absolute atomic E-state index is 13.9. The molecule has 0 radical (unpaired) electrons. The minimum absolute atomic E-state index is 0.0246. The van der Waals surface area contributed by atoms with Gasteiger partial charge in [0.25, 0.3) is 0 Å². The van der Waals surface area contributed by atoms with Gasteiger partial charge in [0.2, 0.25) is 0 Å². The first-order valence-corrected chi connectivity index (χ1v) is 9.52. The number of carbonyl (C=O) groups excluding carboxylic acids is 1. The lowest BCUT2D eigenvalue weighted by molar-refractivity contribution is 0.230. The standard InChI is InChI=1S/C16H25FN2O3S/c1-6-10(2)11(3)18-16(20)19-12(4)13-7-8-15(14(17)9-13)23(5,21)22/h7-12H,6H2,1-5H3,(H2,18,19,20). The molecular formula is C16H25FN2O3S. The lowest BCUT2D eigenvalue weighted by Gasteiger charge is -2.22. The lowest BCUT2D eigenvalue weighted by Crippen LogP contribution is -2.44. The van der Waals surface area contributed by atoms with Crippen LogP contribution >= 0.6 is 0 Å². The van der Waals surface area contributed by atoms with Crippen LogP contribution in [-0.4, -0.2) is 26.7 Å². The van der Waals surface area contributed by atoms with Crippen molar-refractivity contribution in [2.75, 3.05) is 6.26 Å². The molecule has 1 rings (SSSR count). The predicted molar refractivity (Wildman–Crippen MR) is 88.5 cm³/mol. The van der Waals surface area contributed by atoms with Crippen molar-refractivity contribution in [2.24, 2.45) is 5.92 Å². The fourth-order valence-electron chi connectivity index (χ4n) is 2.11. The molecule has 130 valence electrons. The zero-order valence-electron chi connectivity index (χ0n) is 14.2. The summed E-state index contributed by atoms with van der Waals surface area (Å²) in [5, 5.41) is 5.57. The van der Waals surface area contributed by atoms with E-state index in [0.717, 1.165) is 18.7 Å². The molecule has 0 fully saturated rings. The van der Waals surface area contributed by atoms with Gasteiger partial charge in [0.15, 0.2) is 9.84 Å². The van der Waals surface area contributed by atoms with E-state index >= 15 is 0 Å². The first-order valence-electron chi connectivity index (χ1n) is 7.62. The first-order chi connectivity index (χ1) is 10.6. The molecule has 0 aliphatic carbocycles. The summed E-state index contributed by atoms with van der Waals surface area (Å²) in [6.07, 6.45) is 1.91. The minimum atomic E-state index is -3.60. The number of sulfone groups is 1. The molecule has 0 saturated carbocycles. The Morgan fingerprint density at radius 1 is 1.22 bits per heavy atom. The summed E-state index contributed by atoms with van der Waals surface area (Å²) in [4.78, 5) is 11.6. The Morgan fingerprint density at radius 3 is 2.30 bits per heavy atom. The molecule has 0 aliphatic heterocycles. The third kappa shape index (κ3) is 5.49. The molecule has 0 aromatic heterocycles. The Balaban J connectivity index is 2.77. The highest BCUT2D eigenvalue weighted by Gasteiger charge is 2.18. The fraction of sp³-hybridized carbons (Fsp3) is 0.562. The Kier molecular flexibility index (Phi) is 6.56. The maximum Gasteiger partial charge on any atom is 0.315 e. The van der Waals surface area contributed by atoms with E-state index in [0.29, 0.717) is 11.5 Å². The van der Waals surface area contributed by atoms with Crippen LogP contribution in [-0.2, 0) is 9.84 Å². The predicted octanol–water partition coefficient (Wildman–Crippen LogP) is 3.02. The van der Waals surface area contributed by atoms with Crippen molar-refractivity contribution in [1.82, 2.24) is 10.6 Å². The normalized spacial score (nSPS) is 15.6. The van der Waals surface area contributed by atoms with Gasteiger partial charge in [0.1, 0.15) is 10.7 Å². The number of rotatable bonds is 6. The van der Waals surface area contributed by atoms with Crippen LogP contribution in [0, 0.1) is 11.7 Å². The largest absolute Gasteiger partial charge is 0.335 e. The number of halogens is 1. The van der Waals surface area contributed by atoms with Crippen molar-refractivity contribution in [3.63, 3.8) is 0 Å². The molecule has 0 aliphatic rings. The van der Waals surface area contributed by atoms with Gasteiger partial charge < -0.3 is 10.6 Å². The number of carbonyl (C=O) groups is 1. The van der Waals surface area contributed by atoms with Crippen molar-refractivity contribution in [2.45, 2.75) is 51.1 Å². The van der Waals surface area contributed by atoms with Gasteiger partial charge in [-0.25, -0.2) is 17.6 Å². The fourth-order valence-corrected chi connectivity index (χ4v) is 2.84. The highest BCUT2D eigenvalue weighted by Crippen LogP contribution is 2.20. The summed E-state index contributed by atoms with van der Waals surface area (Å²) in [5.74, 6) is -0.463. The topological polar surface area (TPSA) is 75.3 Å². The average molecular weight is 344 g/mol. The molecule has 23 heavy (non-hydrogen) atoms. The molecule has 0 spiro atoms. The second-order valence-corrected chi connectivity index (χ2v) is 7.96. The zero-order valence-corrected chi connectivity index (χ0v) is 15.0. The Labute approximate surface area is 137 Å². The van der Waals surface area contributed by atoms with E-state index < -0.39 is 21.7 Å². The molecule has 3 unspecified atom stereocenters. The minimum Gasteiger partial charge on any atom is -0.335 e. The number of urea groups is 1. The van der Waals surface area contributed by atoms with Crippen molar-refractivity contribution in [1.29, 1.82) is 0 Å².